The summed E-state index contributed by atoms with van der Waals surface area (Å²) in [5.74, 6) is -0.533. The van der Waals surface area contributed by atoms with E-state index < -0.39 is 5.97 Å². The van der Waals surface area contributed by atoms with Gasteiger partial charge in [0.25, 0.3) is 0 Å². The van der Waals surface area contributed by atoms with E-state index >= 15 is 0 Å². The van der Waals surface area contributed by atoms with Gasteiger partial charge in [0.15, 0.2) is 0 Å². The molecule has 1 aromatic carbocycles. The van der Waals surface area contributed by atoms with Crippen LogP contribution in [0.15, 0.2) is 30.3 Å². The molecule has 3 heteroatoms. The molecule has 66 valence electrons. The van der Waals surface area contributed by atoms with Crippen LogP contribution in [0.5, 0.6) is 0 Å². The minimum absolute atomic E-state index is 0.447. The third kappa shape index (κ3) is 1.40. The number of fused-ring (bicyclic) bond motifs is 1. The van der Waals surface area contributed by atoms with Crippen LogP contribution in [0.1, 0.15) is 11.1 Å². The molecule has 1 N–H and O–H groups in total. The minimum atomic E-state index is -0.980. The van der Waals surface area contributed by atoms with Crippen molar-refractivity contribution in [1.82, 2.24) is 0 Å². The van der Waals surface area contributed by atoms with Gasteiger partial charge in [0.2, 0.25) is 0 Å². The van der Waals surface area contributed by atoms with E-state index in [0.717, 1.165) is 17.2 Å². The molecule has 0 atom stereocenters. The van der Waals surface area contributed by atoms with Gasteiger partial charge in [-0.15, -0.1) is 0 Å². The Bertz CT molecular complexity index is 380. The van der Waals surface area contributed by atoms with Crippen molar-refractivity contribution < 1.29 is 14.6 Å². The zero-order valence-electron chi connectivity index (χ0n) is 6.86. The van der Waals surface area contributed by atoms with Crippen LogP contribution in [0.4, 0.5) is 0 Å². The van der Waals surface area contributed by atoms with E-state index in [1.165, 1.54) is 0 Å². The summed E-state index contributed by atoms with van der Waals surface area (Å²) in [4.78, 5) is 10.4. The molecule has 1 aromatic rings. The topological polar surface area (TPSA) is 46.5 Å². The number of rotatable bonds is 1. The molecule has 0 fully saturated rings. The zero-order chi connectivity index (χ0) is 9.26. The number of carboxylic acids is 1. The second-order valence-electron chi connectivity index (χ2n) is 2.79. The van der Waals surface area contributed by atoms with E-state index in [2.05, 4.69) is 0 Å². The van der Waals surface area contributed by atoms with Crippen LogP contribution in [0, 0.1) is 0 Å². The maximum atomic E-state index is 10.4. The number of hydrogen-bond acceptors (Lipinski definition) is 2. The van der Waals surface area contributed by atoms with Crippen molar-refractivity contribution in [3.05, 3.63) is 41.5 Å². The zero-order valence-corrected chi connectivity index (χ0v) is 6.86. The lowest BCUT2D eigenvalue weighted by atomic mass is 10.1. The summed E-state index contributed by atoms with van der Waals surface area (Å²) in [6.07, 6.45) is 1.09. The van der Waals surface area contributed by atoms with Crippen molar-refractivity contribution in [3.8, 4) is 0 Å². The molecule has 0 aliphatic carbocycles. The monoisotopic (exact) mass is 176 g/mol. The smallest absolute Gasteiger partial charge is 0.332 e. The highest BCUT2D eigenvalue weighted by molar-refractivity contribution is 5.89. The van der Waals surface area contributed by atoms with Crippen molar-refractivity contribution in [3.63, 3.8) is 0 Å². The van der Waals surface area contributed by atoms with Gasteiger partial charge in [-0.3, -0.25) is 0 Å². The van der Waals surface area contributed by atoms with Crippen molar-refractivity contribution in [2.24, 2.45) is 0 Å². The molecule has 0 saturated carbocycles. The van der Waals surface area contributed by atoms with Crippen LogP contribution < -0.4 is 0 Å². The summed E-state index contributed by atoms with van der Waals surface area (Å²) in [6.45, 7) is 0.468. The molecule has 13 heavy (non-hydrogen) atoms. The first kappa shape index (κ1) is 7.86. The SMILES string of the molecule is O=C(O)C=C1OCc2ccccc21. The Hall–Kier alpha value is -1.77. The van der Waals surface area contributed by atoms with Gasteiger partial charge in [0.1, 0.15) is 12.4 Å². The quantitative estimate of drug-likeness (QED) is 0.661. The molecule has 0 saturated heterocycles. The first-order valence-corrected chi connectivity index (χ1v) is 3.93. The van der Waals surface area contributed by atoms with Gasteiger partial charge in [-0.1, -0.05) is 24.3 Å². The largest absolute Gasteiger partial charge is 0.488 e. The Morgan fingerprint density at radius 2 is 2.23 bits per heavy atom. The van der Waals surface area contributed by atoms with Gasteiger partial charge in [0.05, 0.1) is 6.08 Å². The van der Waals surface area contributed by atoms with Gasteiger partial charge < -0.3 is 9.84 Å². The van der Waals surface area contributed by atoms with Gasteiger partial charge in [-0.05, 0) is 0 Å². The highest BCUT2D eigenvalue weighted by Gasteiger charge is 2.17. The number of benzene rings is 1. The Kier molecular flexibility index (Phi) is 1.77. The van der Waals surface area contributed by atoms with Gasteiger partial charge in [-0.2, -0.15) is 0 Å². The molecule has 0 radical (unpaired) electrons. The maximum absolute atomic E-state index is 10.4. The normalized spacial score (nSPS) is 16.8. The third-order valence-corrected chi connectivity index (χ3v) is 1.92. The van der Waals surface area contributed by atoms with Gasteiger partial charge in [-0.25, -0.2) is 4.79 Å². The molecule has 0 unspecified atom stereocenters. The van der Waals surface area contributed by atoms with Crippen LogP contribution in [0.3, 0.4) is 0 Å². The predicted molar refractivity (Wildman–Crippen MR) is 46.8 cm³/mol. The van der Waals surface area contributed by atoms with Gasteiger partial charge in [0, 0.05) is 11.1 Å². The first-order chi connectivity index (χ1) is 6.27. The number of carbonyl (C=O) groups is 1. The Morgan fingerprint density at radius 3 is 3.00 bits per heavy atom. The Balaban J connectivity index is 2.44. The third-order valence-electron chi connectivity index (χ3n) is 1.92. The van der Waals surface area contributed by atoms with Crippen LogP contribution in [0.25, 0.3) is 5.76 Å². The lowest BCUT2D eigenvalue weighted by Gasteiger charge is -1.96. The molecule has 0 aromatic heterocycles. The lowest BCUT2D eigenvalue weighted by Crippen LogP contribution is -1.90. The average molecular weight is 176 g/mol. The lowest BCUT2D eigenvalue weighted by molar-refractivity contribution is -0.131. The first-order valence-electron chi connectivity index (χ1n) is 3.93. The summed E-state index contributed by atoms with van der Waals surface area (Å²) >= 11 is 0. The summed E-state index contributed by atoms with van der Waals surface area (Å²) in [6, 6.07) is 7.56. The highest BCUT2D eigenvalue weighted by Crippen LogP contribution is 2.28. The number of ether oxygens (including phenoxy) is 1. The molecule has 0 bridgehead atoms. The van der Waals surface area contributed by atoms with E-state index in [1.54, 1.807) is 0 Å². The second-order valence-corrected chi connectivity index (χ2v) is 2.79. The number of aliphatic carboxylic acids is 1. The van der Waals surface area contributed by atoms with E-state index in [1.807, 2.05) is 24.3 Å². The van der Waals surface area contributed by atoms with Crippen LogP contribution in [-0.4, -0.2) is 11.1 Å². The molecule has 0 spiro atoms. The Labute approximate surface area is 75.3 Å². The standard InChI is InChI=1S/C10H8O3/c11-10(12)5-9-8-4-2-1-3-7(8)6-13-9/h1-5H,6H2,(H,11,12). The molecule has 2 rings (SSSR count). The summed E-state index contributed by atoms with van der Waals surface area (Å²) < 4.78 is 5.21. The molecule has 0 amide bonds. The molecule has 1 aliphatic heterocycles. The molecule has 1 aliphatic rings. The summed E-state index contributed by atoms with van der Waals surface area (Å²) in [5.41, 5.74) is 1.92. The summed E-state index contributed by atoms with van der Waals surface area (Å²) in [5, 5.41) is 8.54. The van der Waals surface area contributed by atoms with Crippen molar-refractivity contribution in [2.75, 3.05) is 0 Å². The Morgan fingerprint density at radius 1 is 1.46 bits per heavy atom. The van der Waals surface area contributed by atoms with Crippen molar-refractivity contribution in [1.29, 1.82) is 0 Å². The number of carboxylic acid groups (broad SMARTS) is 1. The van der Waals surface area contributed by atoms with E-state index in [4.69, 9.17) is 9.84 Å². The van der Waals surface area contributed by atoms with Crippen LogP contribution in [0.2, 0.25) is 0 Å². The maximum Gasteiger partial charge on any atom is 0.332 e. The average Bonchev–Trinajstić information content (AvgIpc) is 2.48. The number of hydrogen-bond donors (Lipinski definition) is 1. The highest BCUT2D eigenvalue weighted by atomic mass is 16.5. The van der Waals surface area contributed by atoms with E-state index in [0.29, 0.717) is 12.4 Å². The second kappa shape index (κ2) is 2.94. The fourth-order valence-electron chi connectivity index (χ4n) is 1.35. The minimum Gasteiger partial charge on any atom is -0.488 e. The fourth-order valence-corrected chi connectivity index (χ4v) is 1.35. The van der Waals surface area contributed by atoms with Crippen LogP contribution >= 0.6 is 0 Å². The molecular formula is C10H8O3. The van der Waals surface area contributed by atoms with Crippen molar-refractivity contribution in [2.45, 2.75) is 6.61 Å². The molecule has 1 heterocycles. The fraction of sp³-hybridized carbons (Fsp3) is 0.100. The van der Waals surface area contributed by atoms with E-state index in [9.17, 15) is 4.79 Å². The van der Waals surface area contributed by atoms with Gasteiger partial charge >= 0.3 is 5.97 Å². The molecular weight excluding hydrogens is 168 g/mol. The van der Waals surface area contributed by atoms with E-state index in [-0.39, 0.29) is 0 Å². The van der Waals surface area contributed by atoms with Crippen LogP contribution in [-0.2, 0) is 16.1 Å². The molecule has 3 nitrogen and oxygen atoms in total. The summed E-state index contributed by atoms with van der Waals surface area (Å²) in [7, 11) is 0. The predicted octanol–water partition coefficient (Wildman–Crippen LogP) is 1.64. The van der Waals surface area contributed by atoms with Crippen molar-refractivity contribution >= 4 is 11.7 Å².